The zero-order valence-corrected chi connectivity index (χ0v) is 13.9. The number of thiophene rings is 1. The van der Waals surface area contributed by atoms with E-state index in [0.29, 0.717) is 25.3 Å². The molecule has 21 heavy (non-hydrogen) atoms. The summed E-state index contributed by atoms with van der Waals surface area (Å²) < 4.78 is 52.2. The lowest BCUT2D eigenvalue weighted by Gasteiger charge is -2.10. The van der Waals surface area contributed by atoms with Crippen molar-refractivity contribution in [3.8, 4) is 0 Å². The molecular formula is C12H5Br2F4NOS. The first-order valence-electron chi connectivity index (χ1n) is 5.31. The van der Waals surface area contributed by atoms with Gasteiger partial charge < -0.3 is 5.32 Å². The molecule has 9 heteroatoms. The molecule has 0 aliphatic rings. The van der Waals surface area contributed by atoms with Crippen molar-refractivity contribution in [2.45, 2.75) is 6.18 Å². The van der Waals surface area contributed by atoms with Crippen LogP contribution in [0.15, 0.2) is 32.5 Å². The van der Waals surface area contributed by atoms with Gasteiger partial charge in [0.1, 0.15) is 5.82 Å². The Balaban J connectivity index is 2.26. The zero-order valence-electron chi connectivity index (χ0n) is 9.89. The number of benzene rings is 1. The van der Waals surface area contributed by atoms with Crippen LogP contribution < -0.4 is 5.32 Å². The SMILES string of the molecule is O=C(Nc1ccc(F)c(C(F)(F)F)c1)c1cc(Br)c(Br)s1. The summed E-state index contributed by atoms with van der Waals surface area (Å²) in [7, 11) is 0. The third-order valence-electron chi connectivity index (χ3n) is 2.40. The van der Waals surface area contributed by atoms with Crippen molar-refractivity contribution in [2.24, 2.45) is 0 Å². The van der Waals surface area contributed by atoms with Crippen LogP contribution in [-0.4, -0.2) is 5.91 Å². The second-order valence-corrected chi connectivity index (χ2v) is 7.10. The molecule has 1 heterocycles. The Hall–Kier alpha value is -0.930. The second-order valence-electron chi connectivity index (χ2n) is 3.88. The van der Waals surface area contributed by atoms with E-state index in [1.165, 1.54) is 6.07 Å². The van der Waals surface area contributed by atoms with Crippen LogP contribution >= 0.6 is 43.2 Å². The van der Waals surface area contributed by atoms with Gasteiger partial charge in [-0.05, 0) is 56.1 Å². The Morgan fingerprint density at radius 2 is 1.86 bits per heavy atom. The van der Waals surface area contributed by atoms with Crippen molar-refractivity contribution >= 4 is 54.8 Å². The molecule has 0 aliphatic heterocycles. The maximum atomic E-state index is 13.1. The lowest BCUT2D eigenvalue weighted by atomic mass is 10.2. The van der Waals surface area contributed by atoms with E-state index in [-0.39, 0.29) is 5.69 Å². The van der Waals surface area contributed by atoms with Gasteiger partial charge in [-0.3, -0.25) is 4.79 Å². The summed E-state index contributed by atoms with van der Waals surface area (Å²) in [5.74, 6) is -1.96. The van der Waals surface area contributed by atoms with E-state index in [9.17, 15) is 22.4 Å². The van der Waals surface area contributed by atoms with Crippen molar-refractivity contribution in [3.05, 3.63) is 48.8 Å². The van der Waals surface area contributed by atoms with E-state index in [0.717, 1.165) is 17.4 Å². The molecule has 1 N–H and O–H groups in total. The summed E-state index contributed by atoms with van der Waals surface area (Å²) in [4.78, 5) is 12.2. The quantitative estimate of drug-likeness (QED) is 0.590. The summed E-state index contributed by atoms with van der Waals surface area (Å²) in [5.41, 5.74) is -1.55. The van der Waals surface area contributed by atoms with E-state index in [2.05, 4.69) is 37.2 Å². The summed E-state index contributed by atoms with van der Waals surface area (Å²) >= 11 is 7.53. The van der Waals surface area contributed by atoms with E-state index >= 15 is 0 Å². The van der Waals surface area contributed by atoms with Crippen LogP contribution in [0.4, 0.5) is 23.2 Å². The molecule has 2 nitrogen and oxygen atoms in total. The molecule has 2 rings (SSSR count). The van der Waals surface area contributed by atoms with Gasteiger partial charge in [-0.1, -0.05) is 0 Å². The van der Waals surface area contributed by atoms with Crippen molar-refractivity contribution in [1.29, 1.82) is 0 Å². The van der Waals surface area contributed by atoms with Crippen LogP contribution in [0, 0.1) is 5.82 Å². The minimum absolute atomic E-state index is 0.130. The first-order valence-corrected chi connectivity index (χ1v) is 7.71. The highest BCUT2D eigenvalue weighted by atomic mass is 79.9. The van der Waals surface area contributed by atoms with E-state index in [1.54, 1.807) is 0 Å². The average molecular weight is 447 g/mol. The Bertz CT molecular complexity index is 680. The zero-order chi connectivity index (χ0) is 15.8. The fraction of sp³-hybridized carbons (Fsp3) is 0.0833. The van der Waals surface area contributed by atoms with Gasteiger partial charge in [-0.2, -0.15) is 13.2 Å². The molecule has 0 saturated carbocycles. The van der Waals surface area contributed by atoms with Gasteiger partial charge in [-0.15, -0.1) is 11.3 Å². The molecule has 1 aromatic carbocycles. The van der Waals surface area contributed by atoms with Gasteiger partial charge in [0.25, 0.3) is 5.91 Å². The molecule has 112 valence electrons. The molecule has 0 fully saturated rings. The van der Waals surface area contributed by atoms with Crippen LogP contribution in [0.5, 0.6) is 0 Å². The smallest absolute Gasteiger partial charge is 0.321 e. The Kier molecular flexibility index (Phi) is 4.74. The van der Waals surface area contributed by atoms with Crippen LogP contribution in [0.3, 0.4) is 0 Å². The fourth-order valence-electron chi connectivity index (χ4n) is 1.47. The normalized spacial score (nSPS) is 11.5. The van der Waals surface area contributed by atoms with Crippen LogP contribution in [0.2, 0.25) is 0 Å². The molecule has 2 aromatic rings. The monoisotopic (exact) mass is 445 g/mol. The van der Waals surface area contributed by atoms with Crippen molar-refractivity contribution in [2.75, 3.05) is 5.32 Å². The van der Waals surface area contributed by atoms with Crippen LogP contribution in [0.1, 0.15) is 15.2 Å². The Morgan fingerprint density at radius 3 is 2.38 bits per heavy atom. The van der Waals surface area contributed by atoms with Gasteiger partial charge in [0.2, 0.25) is 0 Å². The highest BCUT2D eigenvalue weighted by Gasteiger charge is 2.34. The van der Waals surface area contributed by atoms with Crippen molar-refractivity contribution in [1.82, 2.24) is 0 Å². The van der Waals surface area contributed by atoms with E-state index in [1.807, 2.05) is 0 Å². The number of anilines is 1. The number of amides is 1. The fourth-order valence-corrected chi connectivity index (χ4v) is 3.40. The number of halogens is 6. The number of carbonyl (C=O) groups excluding carboxylic acids is 1. The van der Waals surface area contributed by atoms with Crippen molar-refractivity contribution in [3.63, 3.8) is 0 Å². The molecule has 0 saturated heterocycles. The number of carbonyl (C=O) groups is 1. The number of hydrogen-bond donors (Lipinski definition) is 1. The lowest BCUT2D eigenvalue weighted by molar-refractivity contribution is -0.139. The topological polar surface area (TPSA) is 29.1 Å². The summed E-state index contributed by atoms with van der Waals surface area (Å²) in [5, 5.41) is 2.30. The Labute approximate surface area is 137 Å². The van der Waals surface area contributed by atoms with E-state index < -0.39 is 23.5 Å². The molecular weight excluding hydrogens is 442 g/mol. The lowest BCUT2D eigenvalue weighted by Crippen LogP contribution is -2.13. The van der Waals surface area contributed by atoms with Gasteiger partial charge in [0, 0.05) is 10.2 Å². The average Bonchev–Trinajstić information content (AvgIpc) is 2.71. The number of nitrogens with one attached hydrogen (secondary N) is 1. The molecule has 1 amide bonds. The predicted molar refractivity (Wildman–Crippen MR) is 79.1 cm³/mol. The van der Waals surface area contributed by atoms with Gasteiger partial charge in [-0.25, -0.2) is 4.39 Å². The molecule has 0 atom stereocenters. The molecule has 0 unspecified atom stereocenters. The van der Waals surface area contributed by atoms with Crippen molar-refractivity contribution < 1.29 is 22.4 Å². The molecule has 1 aromatic heterocycles. The highest BCUT2D eigenvalue weighted by Crippen LogP contribution is 2.34. The summed E-state index contributed by atoms with van der Waals surface area (Å²) in [6, 6.07) is 3.82. The van der Waals surface area contributed by atoms with Gasteiger partial charge >= 0.3 is 6.18 Å². The first kappa shape index (κ1) is 16.4. The van der Waals surface area contributed by atoms with Crippen LogP contribution in [0.25, 0.3) is 0 Å². The number of hydrogen-bond acceptors (Lipinski definition) is 2. The Morgan fingerprint density at radius 1 is 1.19 bits per heavy atom. The minimum atomic E-state index is -4.82. The first-order chi connectivity index (χ1) is 9.68. The third-order valence-corrected chi connectivity index (χ3v) is 5.65. The molecule has 0 radical (unpaired) electrons. The third kappa shape index (κ3) is 3.83. The van der Waals surface area contributed by atoms with Gasteiger partial charge in [0.05, 0.1) is 14.2 Å². The van der Waals surface area contributed by atoms with Gasteiger partial charge in [0.15, 0.2) is 0 Å². The number of rotatable bonds is 2. The summed E-state index contributed by atoms with van der Waals surface area (Å²) in [6.45, 7) is 0. The maximum Gasteiger partial charge on any atom is 0.419 e. The molecule has 0 aliphatic carbocycles. The largest absolute Gasteiger partial charge is 0.419 e. The maximum absolute atomic E-state index is 13.1. The standard InChI is InChI=1S/C12H5Br2F4NOS/c13-7-4-9(21-10(7)14)11(20)19-5-1-2-8(15)6(3-5)12(16,17)18/h1-4H,(H,19,20). The molecule has 0 bridgehead atoms. The predicted octanol–water partition coefficient (Wildman–Crippen LogP) is 5.68. The molecule has 0 spiro atoms. The highest BCUT2D eigenvalue weighted by molar-refractivity contribution is 9.13. The van der Waals surface area contributed by atoms with E-state index in [4.69, 9.17) is 0 Å². The van der Waals surface area contributed by atoms with Crippen LogP contribution in [-0.2, 0) is 6.18 Å². The minimum Gasteiger partial charge on any atom is -0.321 e. The summed E-state index contributed by atoms with van der Waals surface area (Å²) in [6.07, 6.45) is -4.82. The second kappa shape index (κ2) is 6.05. The number of alkyl halides is 3.